The number of nitrogens with one attached hydrogen (secondary N) is 1. The summed E-state index contributed by atoms with van der Waals surface area (Å²) in [6.07, 6.45) is 4.11. The molecule has 1 saturated heterocycles. The van der Waals surface area contributed by atoms with Crippen molar-refractivity contribution in [3.05, 3.63) is 70.8 Å². The summed E-state index contributed by atoms with van der Waals surface area (Å²) in [5.41, 5.74) is 2.56. The van der Waals surface area contributed by atoms with Crippen molar-refractivity contribution in [2.75, 3.05) is 38.0 Å². The number of ether oxygens (including phenoxy) is 2. The van der Waals surface area contributed by atoms with Crippen LogP contribution < -0.4 is 14.8 Å². The predicted molar refractivity (Wildman–Crippen MR) is 132 cm³/mol. The molecule has 4 rings (SSSR count). The van der Waals surface area contributed by atoms with E-state index in [2.05, 4.69) is 22.5 Å². The van der Waals surface area contributed by atoms with Gasteiger partial charge in [0.1, 0.15) is 11.5 Å². The molecular formula is C24H26N2O3S2. The van der Waals surface area contributed by atoms with Crippen LogP contribution in [0, 0.1) is 0 Å². The number of methoxy groups -OCH3 is 2. The van der Waals surface area contributed by atoms with Gasteiger partial charge < -0.3 is 19.9 Å². The van der Waals surface area contributed by atoms with Crippen molar-refractivity contribution in [1.82, 2.24) is 5.32 Å². The third kappa shape index (κ3) is 5.11. The van der Waals surface area contributed by atoms with E-state index in [0.29, 0.717) is 0 Å². The van der Waals surface area contributed by atoms with Gasteiger partial charge in [0.15, 0.2) is 10.9 Å². The van der Waals surface area contributed by atoms with Crippen molar-refractivity contribution in [3.8, 4) is 11.5 Å². The molecular weight excluding hydrogens is 428 g/mol. The number of rotatable bonds is 5. The Balaban J connectivity index is 1.72. The Kier molecular flexibility index (Phi) is 6.95. The second-order valence-corrected chi connectivity index (χ2v) is 9.32. The third-order valence-electron chi connectivity index (χ3n) is 5.23. The molecule has 5 nitrogen and oxygen atoms in total. The molecule has 0 amide bonds. The van der Waals surface area contributed by atoms with E-state index in [1.807, 2.05) is 48.5 Å². The molecule has 162 valence electrons. The number of hydrogen-bond acceptors (Lipinski definition) is 7. The molecule has 31 heavy (non-hydrogen) atoms. The number of thioether (sulfide) groups is 2. The Morgan fingerprint density at radius 1 is 0.903 bits per heavy atom. The first-order valence-electron chi connectivity index (χ1n) is 10.1. The van der Waals surface area contributed by atoms with Gasteiger partial charge in [0, 0.05) is 17.3 Å². The lowest BCUT2D eigenvalue weighted by molar-refractivity contribution is 0.104. The SMILES string of the molecule is COc1ccc(C=C2CSCC(=Cc3ccc(OC)cc3)C2(O)NC2=NCCS2)cc1. The average Bonchev–Trinajstić information content (AvgIpc) is 3.30. The monoisotopic (exact) mass is 454 g/mol. The van der Waals surface area contributed by atoms with E-state index in [-0.39, 0.29) is 0 Å². The van der Waals surface area contributed by atoms with Gasteiger partial charge in [-0.3, -0.25) is 4.99 Å². The Morgan fingerprint density at radius 2 is 1.42 bits per heavy atom. The van der Waals surface area contributed by atoms with Crippen LogP contribution in [0.15, 0.2) is 64.7 Å². The minimum Gasteiger partial charge on any atom is -0.497 e. The van der Waals surface area contributed by atoms with Gasteiger partial charge in [-0.05, 0) is 58.7 Å². The molecule has 0 aliphatic carbocycles. The van der Waals surface area contributed by atoms with Crippen LogP contribution in [0.4, 0.5) is 0 Å². The lowest BCUT2D eigenvalue weighted by Gasteiger charge is -2.38. The largest absolute Gasteiger partial charge is 0.497 e. The first-order valence-corrected chi connectivity index (χ1v) is 12.2. The number of aliphatic hydroxyl groups is 1. The fourth-order valence-electron chi connectivity index (χ4n) is 3.51. The van der Waals surface area contributed by atoms with Crippen LogP contribution in [0.25, 0.3) is 12.2 Å². The molecule has 2 aromatic rings. The lowest BCUT2D eigenvalue weighted by atomic mass is 9.92. The Bertz CT molecular complexity index is 933. The van der Waals surface area contributed by atoms with Gasteiger partial charge in [-0.15, -0.1) is 0 Å². The molecule has 2 aromatic carbocycles. The smallest absolute Gasteiger partial charge is 0.184 e. The highest BCUT2D eigenvalue weighted by molar-refractivity contribution is 8.14. The molecule has 2 heterocycles. The van der Waals surface area contributed by atoms with Gasteiger partial charge in [-0.2, -0.15) is 11.8 Å². The Morgan fingerprint density at radius 3 is 1.84 bits per heavy atom. The quantitative estimate of drug-likeness (QED) is 0.657. The molecule has 0 aromatic heterocycles. The van der Waals surface area contributed by atoms with Gasteiger partial charge in [0.05, 0.1) is 20.8 Å². The minimum atomic E-state index is -1.29. The van der Waals surface area contributed by atoms with Crippen molar-refractivity contribution in [1.29, 1.82) is 0 Å². The summed E-state index contributed by atoms with van der Waals surface area (Å²) < 4.78 is 10.5. The molecule has 2 N–H and O–H groups in total. The topological polar surface area (TPSA) is 63.1 Å². The maximum atomic E-state index is 12.0. The molecule has 0 radical (unpaired) electrons. The summed E-state index contributed by atoms with van der Waals surface area (Å²) in [7, 11) is 3.31. The number of benzene rings is 2. The molecule has 0 bridgehead atoms. The van der Waals surface area contributed by atoms with Gasteiger partial charge in [0.25, 0.3) is 0 Å². The highest BCUT2D eigenvalue weighted by Crippen LogP contribution is 2.38. The standard InChI is InChI=1S/C24H26N2O3S2/c1-28-21-7-3-17(4-8-21)13-19-15-30-16-20(14-18-5-9-22(29-2)10-6-18)24(19,27)26-23-25-11-12-31-23/h3-10,13-14,27H,11-12,15-16H2,1-2H3,(H,25,26). The van der Waals surface area contributed by atoms with Crippen LogP contribution in [0.3, 0.4) is 0 Å². The summed E-state index contributed by atoms with van der Waals surface area (Å²) in [5, 5.41) is 16.1. The van der Waals surface area contributed by atoms with E-state index in [1.165, 1.54) is 0 Å². The summed E-state index contributed by atoms with van der Waals surface area (Å²) in [5.74, 6) is 4.01. The molecule has 0 saturated carbocycles. The van der Waals surface area contributed by atoms with Gasteiger partial charge in [0.2, 0.25) is 0 Å². The number of hydrogen-bond donors (Lipinski definition) is 2. The minimum absolute atomic E-state index is 0.730. The highest BCUT2D eigenvalue weighted by Gasteiger charge is 2.40. The van der Waals surface area contributed by atoms with Gasteiger partial charge in [-0.25, -0.2) is 0 Å². The first kappa shape index (κ1) is 21.9. The van der Waals surface area contributed by atoms with Crippen molar-refractivity contribution in [2.24, 2.45) is 4.99 Å². The van der Waals surface area contributed by atoms with Crippen LogP contribution in [-0.2, 0) is 0 Å². The normalized spacial score (nSPS) is 23.6. The Labute approximate surface area is 191 Å². The predicted octanol–water partition coefficient (Wildman–Crippen LogP) is 4.30. The van der Waals surface area contributed by atoms with Crippen molar-refractivity contribution in [2.45, 2.75) is 5.72 Å². The van der Waals surface area contributed by atoms with Crippen molar-refractivity contribution < 1.29 is 14.6 Å². The molecule has 2 aliphatic rings. The zero-order valence-electron chi connectivity index (χ0n) is 17.6. The molecule has 0 spiro atoms. The van der Waals surface area contributed by atoms with Gasteiger partial charge >= 0.3 is 0 Å². The molecule has 1 fully saturated rings. The fraction of sp³-hybridized carbons (Fsp3) is 0.292. The fourth-order valence-corrected chi connectivity index (χ4v) is 5.41. The summed E-state index contributed by atoms with van der Waals surface area (Å²) >= 11 is 3.44. The summed E-state index contributed by atoms with van der Waals surface area (Å²) in [6.45, 7) is 0.771. The second-order valence-electron chi connectivity index (χ2n) is 7.25. The molecule has 2 aliphatic heterocycles. The van der Waals surface area contributed by atoms with Crippen LogP contribution in [0.5, 0.6) is 11.5 Å². The summed E-state index contributed by atoms with van der Waals surface area (Å²) in [4.78, 5) is 4.52. The molecule has 7 heteroatoms. The van der Waals surface area contributed by atoms with E-state index in [9.17, 15) is 5.11 Å². The maximum Gasteiger partial charge on any atom is 0.184 e. The van der Waals surface area contributed by atoms with Crippen LogP contribution in [0.2, 0.25) is 0 Å². The lowest BCUT2D eigenvalue weighted by Crippen LogP contribution is -2.53. The zero-order chi connectivity index (χ0) is 21.7. The van der Waals surface area contributed by atoms with Crippen molar-refractivity contribution >= 4 is 40.8 Å². The second kappa shape index (κ2) is 9.85. The van der Waals surface area contributed by atoms with Crippen molar-refractivity contribution in [3.63, 3.8) is 0 Å². The first-order chi connectivity index (χ1) is 15.1. The number of aliphatic imine (C=N–C) groups is 1. The molecule has 0 atom stereocenters. The maximum absolute atomic E-state index is 12.0. The van der Waals surface area contributed by atoms with Crippen LogP contribution in [-0.4, -0.2) is 54.0 Å². The Hall–Kier alpha value is -2.35. The van der Waals surface area contributed by atoms with E-state index in [4.69, 9.17) is 9.47 Å². The van der Waals surface area contributed by atoms with Crippen LogP contribution in [0.1, 0.15) is 11.1 Å². The number of amidine groups is 1. The molecule has 0 unspecified atom stereocenters. The summed E-state index contributed by atoms with van der Waals surface area (Å²) in [6, 6.07) is 15.7. The van der Waals surface area contributed by atoms with Crippen LogP contribution >= 0.6 is 23.5 Å². The van der Waals surface area contributed by atoms with E-state index >= 15 is 0 Å². The highest BCUT2D eigenvalue weighted by atomic mass is 32.2. The number of nitrogens with zero attached hydrogens (tertiary/aromatic N) is 1. The van der Waals surface area contributed by atoms with E-state index in [0.717, 1.165) is 62.7 Å². The van der Waals surface area contributed by atoms with Gasteiger partial charge in [-0.1, -0.05) is 36.0 Å². The zero-order valence-corrected chi connectivity index (χ0v) is 19.3. The third-order valence-corrected chi connectivity index (χ3v) is 7.15. The van der Waals surface area contributed by atoms with E-state index < -0.39 is 5.72 Å². The van der Waals surface area contributed by atoms with E-state index in [1.54, 1.807) is 37.7 Å². The average molecular weight is 455 g/mol.